The Kier molecular flexibility index (Phi) is 2.94. The zero-order chi connectivity index (χ0) is 9.19. The minimum atomic E-state index is -0.441. The molecule has 0 aromatic heterocycles. The first-order valence-corrected chi connectivity index (χ1v) is 5.04. The Bertz CT molecular complexity index is 170. The smallest absolute Gasteiger partial charge is 0.0769 e. The molecule has 70 valence electrons. The first-order valence-electron chi connectivity index (χ1n) is 5.04. The molecular formula is C11H20O. The maximum absolute atomic E-state index is 10.4. The maximum atomic E-state index is 10.4. The van der Waals surface area contributed by atoms with Crippen LogP contribution in [0.2, 0.25) is 0 Å². The molecule has 1 aliphatic carbocycles. The van der Waals surface area contributed by atoms with Gasteiger partial charge >= 0.3 is 0 Å². The third kappa shape index (κ3) is 1.42. The molecule has 0 spiro atoms. The second kappa shape index (κ2) is 3.61. The second-order valence-electron chi connectivity index (χ2n) is 3.93. The Balaban J connectivity index is 2.70. The highest BCUT2D eigenvalue weighted by molar-refractivity contribution is 5.10. The quantitative estimate of drug-likeness (QED) is 0.642. The Morgan fingerprint density at radius 2 is 2.08 bits per heavy atom. The lowest BCUT2D eigenvalue weighted by Crippen LogP contribution is -2.40. The molecule has 1 heteroatoms. The molecule has 2 atom stereocenters. The standard InChI is InChI=1S/C11H20O/c1-4-10(5-2)11(12)8-6-7-9(11)3/h6-7,9-10,12H,4-5,8H2,1-3H3. The molecule has 0 heterocycles. The lowest BCUT2D eigenvalue weighted by molar-refractivity contribution is -0.0419. The van der Waals surface area contributed by atoms with Gasteiger partial charge in [-0.15, -0.1) is 0 Å². The molecule has 2 unspecified atom stereocenters. The summed E-state index contributed by atoms with van der Waals surface area (Å²) in [4.78, 5) is 0. The van der Waals surface area contributed by atoms with Crippen molar-refractivity contribution in [3.8, 4) is 0 Å². The molecule has 12 heavy (non-hydrogen) atoms. The molecule has 0 aromatic rings. The summed E-state index contributed by atoms with van der Waals surface area (Å²) in [6.07, 6.45) is 7.26. The average Bonchev–Trinajstić information content (AvgIpc) is 2.36. The van der Waals surface area contributed by atoms with Gasteiger partial charge in [0.15, 0.2) is 0 Å². The predicted octanol–water partition coefficient (Wildman–Crippen LogP) is 2.75. The van der Waals surface area contributed by atoms with Crippen molar-refractivity contribution >= 4 is 0 Å². The van der Waals surface area contributed by atoms with Crippen LogP contribution in [0.1, 0.15) is 40.0 Å². The van der Waals surface area contributed by atoms with Gasteiger partial charge in [-0.1, -0.05) is 45.8 Å². The zero-order valence-electron chi connectivity index (χ0n) is 8.38. The molecule has 0 fully saturated rings. The molecule has 1 N–H and O–H groups in total. The topological polar surface area (TPSA) is 20.2 Å². The van der Waals surface area contributed by atoms with Crippen LogP contribution in [0, 0.1) is 11.8 Å². The minimum Gasteiger partial charge on any atom is -0.389 e. The van der Waals surface area contributed by atoms with Crippen LogP contribution in [0.5, 0.6) is 0 Å². The molecule has 1 aliphatic rings. The van der Waals surface area contributed by atoms with Gasteiger partial charge in [0.05, 0.1) is 5.60 Å². The summed E-state index contributed by atoms with van der Waals surface area (Å²) >= 11 is 0. The summed E-state index contributed by atoms with van der Waals surface area (Å²) in [6.45, 7) is 6.44. The highest BCUT2D eigenvalue weighted by Gasteiger charge is 2.40. The summed E-state index contributed by atoms with van der Waals surface area (Å²) in [7, 11) is 0. The number of hydrogen-bond acceptors (Lipinski definition) is 1. The summed E-state index contributed by atoms with van der Waals surface area (Å²) in [6, 6.07) is 0. The van der Waals surface area contributed by atoms with E-state index in [0.717, 1.165) is 19.3 Å². The molecule has 0 radical (unpaired) electrons. The second-order valence-corrected chi connectivity index (χ2v) is 3.93. The van der Waals surface area contributed by atoms with Crippen LogP contribution in [-0.4, -0.2) is 10.7 Å². The average molecular weight is 168 g/mol. The Morgan fingerprint density at radius 1 is 1.50 bits per heavy atom. The first-order chi connectivity index (χ1) is 5.65. The molecule has 1 nitrogen and oxygen atoms in total. The SMILES string of the molecule is CCC(CC)C1(O)CC=CC1C. The van der Waals surface area contributed by atoms with Gasteiger partial charge in [0.2, 0.25) is 0 Å². The van der Waals surface area contributed by atoms with Gasteiger partial charge in [-0.3, -0.25) is 0 Å². The normalized spacial score (nSPS) is 34.9. The van der Waals surface area contributed by atoms with Crippen molar-refractivity contribution in [1.82, 2.24) is 0 Å². The highest BCUT2D eigenvalue weighted by atomic mass is 16.3. The van der Waals surface area contributed by atoms with Crippen molar-refractivity contribution in [3.05, 3.63) is 12.2 Å². The van der Waals surface area contributed by atoms with E-state index in [0.29, 0.717) is 11.8 Å². The molecule has 0 amide bonds. The van der Waals surface area contributed by atoms with Crippen LogP contribution in [0.4, 0.5) is 0 Å². The molecule has 1 rings (SSSR count). The van der Waals surface area contributed by atoms with Gasteiger partial charge in [-0.05, 0) is 12.3 Å². The molecule has 0 aliphatic heterocycles. The van der Waals surface area contributed by atoms with Crippen molar-refractivity contribution in [2.24, 2.45) is 11.8 Å². The predicted molar refractivity (Wildman–Crippen MR) is 51.9 cm³/mol. The number of aliphatic hydroxyl groups is 1. The van der Waals surface area contributed by atoms with Gasteiger partial charge < -0.3 is 5.11 Å². The van der Waals surface area contributed by atoms with E-state index in [1.54, 1.807) is 0 Å². The van der Waals surface area contributed by atoms with E-state index in [1.165, 1.54) is 0 Å². The van der Waals surface area contributed by atoms with E-state index in [-0.39, 0.29) is 0 Å². The Hall–Kier alpha value is -0.300. The maximum Gasteiger partial charge on any atom is 0.0769 e. The Labute approximate surface area is 75.5 Å². The molecule has 0 bridgehead atoms. The summed E-state index contributed by atoms with van der Waals surface area (Å²) < 4.78 is 0. The van der Waals surface area contributed by atoms with Crippen LogP contribution >= 0.6 is 0 Å². The van der Waals surface area contributed by atoms with Gasteiger partial charge in [-0.25, -0.2) is 0 Å². The van der Waals surface area contributed by atoms with Gasteiger partial charge in [0.25, 0.3) is 0 Å². The molecular weight excluding hydrogens is 148 g/mol. The lowest BCUT2D eigenvalue weighted by Gasteiger charge is -2.35. The summed E-state index contributed by atoms with van der Waals surface area (Å²) in [5.41, 5.74) is -0.441. The van der Waals surface area contributed by atoms with E-state index >= 15 is 0 Å². The number of hydrogen-bond donors (Lipinski definition) is 1. The van der Waals surface area contributed by atoms with Crippen molar-refractivity contribution in [3.63, 3.8) is 0 Å². The van der Waals surface area contributed by atoms with Crippen LogP contribution in [0.25, 0.3) is 0 Å². The van der Waals surface area contributed by atoms with Gasteiger partial charge in [0.1, 0.15) is 0 Å². The van der Waals surface area contributed by atoms with Gasteiger partial charge in [0, 0.05) is 5.92 Å². The van der Waals surface area contributed by atoms with E-state index in [4.69, 9.17) is 0 Å². The fourth-order valence-electron chi connectivity index (χ4n) is 2.35. The van der Waals surface area contributed by atoms with E-state index in [2.05, 4.69) is 32.9 Å². The van der Waals surface area contributed by atoms with E-state index in [1.807, 2.05) is 0 Å². The van der Waals surface area contributed by atoms with E-state index < -0.39 is 5.60 Å². The van der Waals surface area contributed by atoms with Crippen molar-refractivity contribution in [2.45, 2.75) is 45.6 Å². The summed E-state index contributed by atoms with van der Waals surface area (Å²) in [5, 5.41) is 10.4. The number of rotatable bonds is 3. The zero-order valence-corrected chi connectivity index (χ0v) is 8.38. The summed E-state index contributed by atoms with van der Waals surface area (Å²) in [5.74, 6) is 0.796. The molecule has 0 aromatic carbocycles. The van der Waals surface area contributed by atoms with Crippen LogP contribution in [0.3, 0.4) is 0 Å². The highest BCUT2D eigenvalue weighted by Crippen LogP contribution is 2.39. The van der Waals surface area contributed by atoms with Crippen LogP contribution < -0.4 is 0 Å². The van der Waals surface area contributed by atoms with E-state index in [9.17, 15) is 5.11 Å². The van der Waals surface area contributed by atoms with Gasteiger partial charge in [-0.2, -0.15) is 0 Å². The third-order valence-electron chi connectivity index (χ3n) is 3.35. The fourth-order valence-corrected chi connectivity index (χ4v) is 2.35. The monoisotopic (exact) mass is 168 g/mol. The van der Waals surface area contributed by atoms with Crippen LogP contribution in [-0.2, 0) is 0 Å². The Morgan fingerprint density at radius 3 is 2.42 bits per heavy atom. The first kappa shape index (κ1) is 9.79. The molecule has 0 saturated carbocycles. The van der Waals surface area contributed by atoms with Crippen molar-refractivity contribution < 1.29 is 5.11 Å². The van der Waals surface area contributed by atoms with Crippen molar-refractivity contribution in [2.75, 3.05) is 0 Å². The third-order valence-corrected chi connectivity index (χ3v) is 3.35. The largest absolute Gasteiger partial charge is 0.389 e. The lowest BCUT2D eigenvalue weighted by atomic mass is 9.76. The minimum absolute atomic E-state index is 0.336. The fraction of sp³-hybridized carbons (Fsp3) is 0.818. The van der Waals surface area contributed by atoms with Crippen molar-refractivity contribution in [1.29, 1.82) is 0 Å². The molecule has 0 saturated heterocycles. The van der Waals surface area contributed by atoms with Crippen LogP contribution in [0.15, 0.2) is 12.2 Å².